The van der Waals surface area contributed by atoms with Gasteiger partial charge in [0.05, 0.1) is 5.92 Å². The van der Waals surface area contributed by atoms with E-state index in [0.717, 1.165) is 0 Å². The van der Waals surface area contributed by atoms with E-state index in [9.17, 15) is 4.79 Å². The fourth-order valence-corrected chi connectivity index (χ4v) is 0.327. The molecular formula is C6H12ClNO2. The van der Waals surface area contributed by atoms with Gasteiger partial charge in [-0.2, -0.15) is 0 Å². The predicted molar refractivity (Wildman–Crippen MR) is 43.1 cm³/mol. The number of nitrogens with zero attached hydrogens (tertiary/aromatic N) is 1. The minimum absolute atomic E-state index is 0. The van der Waals surface area contributed by atoms with E-state index in [0.29, 0.717) is 6.54 Å². The lowest BCUT2D eigenvalue weighted by molar-refractivity contribution is -0.138. The van der Waals surface area contributed by atoms with Gasteiger partial charge in [-0.05, 0) is 13.8 Å². The van der Waals surface area contributed by atoms with E-state index >= 15 is 0 Å². The van der Waals surface area contributed by atoms with Crippen LogP contribution in [0.3, 0.4) is 0 Å². The highest BCUT2D eigenvalue weighted by Gasteiger charge is 2.04. The molecule has 1 N–H and O–H groups in total. The van der Waals surface area contributed by atoms with Crippen LogP contribution in [0.1, 0.15) is 13.8 Å². The van der Waals surface area contributed by atoms with Crippen LogP contribution in [-0.2, 0) is 4.79 Å². The number of hydrogen-bond acceptors (Lipinski definition) is 2. The zero-order valence-electron chi connectivity index (χ0n) is 6.07. The summed E-state index contributed by atoms with van der Waals surface area (Å²) in [4.78, 5) is 13.9. The van der Waals surface area contributed by atoms with Crippen LogP contribution in [0, 0.1) is 5.92 Å². The summed E-state index contributed by atoms with van der Waals surface area (Å²) >= 11 is 0. The Morgan fingerprint density at radius 1 is 1.80 bits per heavy atom. The standard InChI is InChI=1S/C6H11NO2.ClH/c1-3-7-4-5(2)6(8)9;/h4-5H,3H2,1-2H3,(H,8,9);1H/b7-4-;. The van der Waals surface area contributed by atoms with Gasteiger partial charge in [0, 0.05) is 12.8 Å². The van der Waals surface area contributed by atoms with Gasteiger partial charge in [-0.1, -0.05) is 0 Å². The Kier molecular flexibility index (Phi) is 7.95. The Hall–Kier alpha value is -0.570. The minimum atomic E-state index is -0.827. The van der Waals surface area contributed by atoms with Crippen molar-refractivity contribution in [2.24, 2.45) is 10.9 Å². The fourth-order valence-electron chi connectivity index (χ4n) is 0.327. The van der Waals surface area contributed by atoms with Crippen molar-refractivity contribution in [1.29, 1.82) is 0 Å². The molecule has 0 saturated carbocycles. The molecule has 0 aliphatic heterocycles. The van der Waals surface area contributed by atoms with Crippen LogP contribution in [0.5, 0.6) is 0 Å². The van der Waals surface area contributed by atoms with Crippen molar-refractivity contribution in [3.05, 3.63) is 0 Å². The average molecular weight is 166 g/mol. The van der Waals surface area contributed by atoms with Gasteiger partial charge in [-0.3, -0.25) is 9.79 Å². The van der Waals surface area contributed by atoms with Crippen molar-refractivity contribution in [2.75, 3.05) is 6.54 Å². The Bertz CT molecular complexity index is 125. The van der Waals surface area contributed by atoms with Crippen LogP contribution in [-0.4, -0.2) is 23.8 Å². The highest BCUT2D eigenvalue weighted by atomic mass is 35.5. The summed E-state index contributed by atoms with van der Waals surface area (Å²) in [5.41, 5.74) is 0. The molecule has 0 fully saturated rings. The normalized spacial score (nSPS) is 12.6. The monoisotopic (exact) mass is 165 g/mol. The number of aliphatic imine (C=N–C) groups is 1. The number of rotatable bonds is 3. The SMILES string of the molecule is CC/N=C\C(C)C(=O)O.Cl. The zero-order valence-corrected chi connectivity index (χ0v) is 6.89. The lowest BCUT2D eigenvalue weighted by Crippen LogP contribution is -2.10. The third-order valence-electron chi connectivity index (χ3n) is 0.901. The van der Waals surface area contributed by atoms with E-state index in [2.05, 4.69) is 4.99 Å². The van der Waals surface area contributed by atoms with Crippen molar-refractivity contribution >= 4 is 24.6 Å². The van der Waals surface area contributed by atoms with Crippen LogP contribution in [0.4, 0.5) is 0 Å². The first kappa shape index (κ1) is 12.1. The molecule has 0 aromatic carbocycles. The molecule has 0 rings (SSSR count). The Morgan fingerprint density at radius 2 is 2.30 bits per heavy atom. The molecule has 60 valence electrons. The second-order valence-corrected chi connectivity index (χ2v) is 1.77. The molecule has 1 atom stereocenters. The van der Waals surface area contributed by atoms with Crippen molar-refractivity contribution in [1.82, 2.24) is 0 Å². The van der Waals surface area contributed by atoms with Gasteiger partial charge in [0.25, 0.3) is 0 Å². The predicted octanol–water partition coefficient (Wildman–Crippen LogP) is 1.22. The van der Waals surface area contributed by atoms with Crippen molar-refractivity contribution in [2.45, 2.75) is 13.8 Å². The molecule has 0 heterocycles. The topological polar surface area (TPSA) is 49.7 Å². The molecule has 0 aromatic rings. The molecule has 0 bridgehead atoms. The summed E-state index contributed by atoms with van der Waals surface area (Å²) in [7, 11) is 0. The largest absolute Gasteiger partial charge is 0.481 e. The number of halogens is 1. The molecule has 0 aliphatic rings. The maximum absolute atomic E-state index is 10.1. The summed E-state index contributed by atoms with van der Waals surface area (Å²) in [6, 6.07) is 0. The highest BCUT2D eigenvalue weighted by Crippen LogP contribution is 1.88. The summed E-state index contributed by atoms with van der Waals surface area (Å²) in [6.07, 6.45) is 1.45. The lowest BCUT2D eigenvalue weighted by atomic mass is 10.2. The Labute approximate surface area is 66.6 Å². The van der Waals surface area contributed by atoms with Gasteiger partial charge in [-0.25, -0.2) is 0 Å². The number of aliphatic carboxylic acids is 1. The van der Waals surface area contributed by atoms with E-state index in [1.807, 2.05) is 6.92 Å². The summed E-state index contributed by atoms with van der Waals surface area (Å²) in [6.45, 7) is 4.12. The number of hydrogen-bond donors (Lipinski definition) is 1. The van der Waals surface area contributed by atoms with Crippen LogP contribution in [0.15, 0.2) is 4.99 Å². The maximum atomic E-state index is 10.1. The maximum Gasteiger partial charge on any atom is 0.311 e. The van der Waals surface area contributed by atoms with E-state index < -0.39 is 11.9 Å². The molecule has 0 amide bonds. The van der Waals surface area contributed by atoms with E-state index in [4.69, 9.17) is 5.11 Å². The molecular weight excluding hydrogens is 154 g/mol. The lowest BCUT2D eigenvalue weighted by Gasteiger charge is -1.94. The molecule has 0 radical (unpaired) electrons. The summed E-state index contributed by atoms with van der Waals surface area (Å²) in [5.74, 6) is -1.28. The quantitative estimate of drug-likeness (QED) is 0.640. The molecule has 0 aliphatic carbocycles. The molecule has 0 saturated heterocycles. The van der Waals surface area contributed by atoms with E-state index in [1.54, 1.807) is 6.92 Å². The van der Waals surface area contributed by atoms with Gasteiger partial charge in [-0.15, -0.1) is 12.4 Å². The first-order valence-corrected chi connectivity index (χ1v) is 2.91. The average Bonchev–Trinajstić information content (AvgIpc) is 1.82. The van der Waals surface area contributed by atoms with Gasteiger partial charge in [0.2, 0.25) is 0 Å². The highest BCUT2D eigenvalue weighted by molar-refractivity contribution is 5.87. The van der Waals surface area contributed by atoms with Crippen LogP contribution < -0.4 is 0 Å². The Morgan fingerprint density at radius 3 is 2.60 bits per heavy atom. The summed E-state index contributed by atoms with van der Waals surface area (Å²) < 4.78 is 0. The fraction of sp³-hybridized carbons (Fsp3) is 0.667. The molecule has 4 heteroatoms. The van der Waals surface area contributed by atoms with Crippen LogP contribution in [0.25, 0.3) is 0 Å². The number of carboxylic acid groups (broad SMARTS) is 1. The van der Waals surface area contributed by atoms with Gasteiger partial charge in [0.1, 0.15) is 0 Å². The van der Waals surface area contributed by atoms with Crippen LogP contribution >= 0.6 is 12.4 Å². The first-order chi connectivity index (χ1) is 4.18. The smallest absolute Gasteiger partial charge is 0.311 e. The minimum Gasteiger partial charge on any atom is -0.481 e. The summed E-state index contributed by atoms with van der Waals surface area (Å²) in [5, 5.41) is 8.32. The van der Waals surface area contributed by atoms with Gasteiger partial charge >= 0.3 is 5.97 Å². The molecule has 1 unspecified atom stereocenters. The van der Waals surface area contributed by atoms with Gasteiger partial charge in [0.15, 0.2) is 0 Å². The van der Waals surface area contributed by atoms with Crippen LogP contribution in [0.2, 0.25) is 0 Å². The molecule has 0 aromatic heterocycles. The molecule has 3 nitrogen and oxygen atoms in total. The van der Waals surface area contributed by atoms with Crippen molar-refractivity contribution in [3.8, 4) is 0 Å². The van der Waals surface area contributed by atoms with Crippen molar-refractivity contribution in [3.63, 3.8) is 0 Å². The number of carbonyl (C=O) groups is 1. The molecule has 10 heavy (non-hydrogen) atoms. The van der Waals surface area contributed by atoms with Crippen molar-refractivity contribution < 1.29 is 9.90 Å². The van der Waals surface area contributed by atoms with E-state index in [-0.39, 0.29) is 12.4 Å². The van der Waals surface area contributed by atoms with Gasteiger partial charge < -0.3 is 5.11 Å². The number of carboxylic acids is 1. The zero-order chi connectivity index (χ0) is 7.28. The third kappa shape index (κ3) is 5.56. The second kappa shape index (κ2) is 6.55. The Balaban J connectivity index is 0. The second-order valence-electron chi connectivity index (χ2n) is 1.77. The first-order valence-electron chi connectivity index (χ1n) is 2.91. The molecule has 0 spiro atoms. The third-order valence-corrected chi connectivity index (χ3v) is 0.901. The van der Waals surface area contributed by atoms with E-state index in [1.165, 1.54) is 6.21 Å².